The number of hydrogen-bond acceptors (Lipinski definition) is 6. The summed E-state index contributed by atoms with van der Waals surface area (Å²) in [5.41, 5.74) is 1.65. The van der Waals surface area contributed by atoms with Gasteiger partial charge in [-0.2, -0.15) is 0 Å². The van der Waals surface area contributed by atoms with E-state index < -0.39 is 12.1 Å². The number of piperazine rings is 1. The average molecular weight is 471 g/mol. The zero-order chi connectivity index (χ0) is 24.2. The molecule has 5 rings (SSSR count). The van der Waals surface area contributed by atoms with Crippen LogP contribution in [0.4, 0.5) is 10.7 Å². The fraction of sp³-hybridized carbons (Fsp3) is 0.269. The Balaban J connectivity index is 1.30. The van der Waals surface area contributed by atoms with Crippen LogP contribution in [0.1, 0.15) is 17.2 Å². The first kappa shape index (κ1) is 22.5. The highest BCUT2D eigenvalue weighted by atomic mass is 16.2. The van der Waals surface area contributed by atoms with Crippen molar-refractivity contribution in [2.45, 2.75) is 12.6 Å². The quantitative estimate of drug-likeness (QED) is 0.514. The molecule has 2 aromatic carbocycles. The summed E-state index contributed by atoms with van der Waals surface area (Å²) < 4.78 is 0. The smallest absolute Gasteiger partial charge is 0.328 e. The largest absolute Gasteiger partial charge is 0.338 e. The van der Waals surface area contributed by atoms with Crippen molar-refractivity contribution in [3.63, 3.8) is 0 Å². The van der Waals surface area contributed by atoms with Crippen molar-refractivity contribution in [3.8, 4) is 0 Å². The minimum absolute atomic E-state index is 0.242. The lowest BCUT2D eigenvalue weighted by Gasteiger charge is -2.35. The highest BCUT2D eigenvalue weighted by Crippen LogP contribution is 2.32. The van der Waals surface area contributed by atoms with Crippen LogP contribution in [0.5, 0.6) is 0 Å². The van der Waals surface area contributed by atoms with Gasteiger partial charge in [0.25, 0.3) is 5.91 Å². The molecule has 0 aliphatic carbocycles. The van der Waals surface area contributed by atoms with Crippen molar-refractivity contribution >= 4 is 23.8 Å². The standard InChI is InChI=1S/C26H26N6O3/c33-22(29-14-16-30(17-15-29)25-27-12-7-13-28-25)19-32-24(34)23(21-10-5-2-6-11-21)31(26(32)35)18-20-8-3-1-4-9-20/h1-13,23H,14-19H2. The Morgan fingerprint density at radius 2 is 1.46 bits per heavy atom. The third kappa shape index (κ3) is 4.70. The predicted octanol–water partition coefficient (Wildman–Crippen LogP) is 2.33. The van der Waals surface area contributed by atoms with Crippen LogP contribution in [0.3, 0.4) is 0 Å². The van der Waals surface area contributed by atoms with Gasteiger partial charge in [-0.15, -0.1) is 0 Å². The average Bonchev–Trinajstić information content (AvgIpc) is 3.14. The number of imide groups is 1. The Morgan fingerprint density at radius 1 is 0.829 bits per heavy atom. The normalized spacial score (nSPS) is 18.3. The van der Waals surface area contributed by atoms with Crippen LogP contribution in [0, 0.1) is 0 Å². The van der Waals surface area contributed by atoms with E-state index in [1.807, 2.05) is 65.6 Å². The van der Waals surface area contributed by atoms with E-state index >= 15 is 0 Å². The zero-order valence-corrected chi connectivity index (χ0v) is 19.2. The summed E-state index contributed by atoms with van der Waals surface area (Å²) in [4.78, 5) is 54.8. The summed E-state index contributed by atoms with van der Waals surface area (Å²) in [6.07, 6.45) is 3.38. The number of aromatic nitrogens is 2. The summed E-state index contributed by atoms with van der Waals surface area (Å²) in [6.45, 7) is 2.14. The van der Waals surface area contributed by atoms with Gasteiger partial charge < -0.3 is 14.7 Å². The van der Waals surface area contributed by atoms with Gasteiger partial charge in [-0.05, 0) is 17.2 Å². The molecule has 1 unspecified atom stereocenters. The molecule has 178 valence electrons. The van der Waals surface area contributed by atoms with Gasteiger partial charge in [-0.3, -0.25) is 14.5 Å². The van der Waals surface area contributed by atoms with Gasteiger partial charge in [0, 0.05) is 45.1 Å². The zero-order valence-electron chi connectivity index (χ0n) is 19.2. The van der Waals surface area contributed by atoms with Gasteiger partial charge in [-0.25, -0.2) is 14.8 Å². The Morgan fingerprint density at radius 3 is 2.11 bits per heavy atom. The lowest BCUT2D eigenvalue weighted by molar-refractivity contribution is -0.137. The Bertz CT molecular complexity index is 1180. The molecule has 35 heavy (non-hydrogen) atoms. The van der Waals surface area contributed by atoms with E-state index in [1.54, 1.807) is 28.3 Å². The minimum atomic E-state index is -0.760. The van der Waals surface area contributed by atoms with E-state index in [2.05, 4.69) is 9.97 Å². The van der Waals surface area contributed by atoms with Crippen LogP contribution in [0.15, 0.2) is 79.1 Å². The number of urea groups is 1. The second-order valence-electron chi connectivity index (χ2n) is 8.55. The molecular formula is C26H26N6O3. The summed E-state index contributed by atoms with van der Waals surface area (Å²) in [5.74, 6) is 0.0160. The van der Waals surface area contributed by atoms with E-state index in [9.17, 15) is 14.4 Å². The fourth-order valence-corrected chi connectivity index (χ4v) is 4.53. The number of carbonyl (C=O) groups is 3. The third-order valence-corrected chi connectivity index (χ3v) is 6.36. The molecule has 9 nitrogen and oxygen atoms in total. The minimum Gasteiger partial charge on any atom is -0.338 e. The summed E-state index contributed by atoms with van der Waals surface area (Å²) in [7, 11) is 0. The van der Waals surface area contributed by atoms with E-state index in [-0.39, 0.29) is 24.9 Å². The highest BCUT2D eigenvalue weighted by molar-refractivity contribution is 6.06. The Kier molecular flexibility index (Phi) is 6.38. The molecule has 0 radical (unpaired) electrons. The molecular weight excluding hydrogens is 444 g/mol. The Hall–Kier alpha value is -4.27. The number of nitrogens with zero attached hydrogens (tertiary/aromatic N) is 6. The first-order chi connectivity index (χ1) is 17.1. The Labute approximate surface area is 203 Å². The second kappa shape index (κ2) is 9.92. The van der Waals surface area contributed by atoms with Crippen molar-refractivity contribution in [1.29, 1.82) is 0 Å². The molecule has 9 heteroatoms. The van der Waals surface area contributed by atoms with Crippen LogP contribution in [-0.2, 0) is 16.1 Å². The molecule has 0 bridgehead atoms. The molecule has 2 saturated heterocycles. The number of amides is 4. The van der Waals surface area contributed by atoms with Crippen LogP contribution in [0.25, 0.3) is 0 Å². The summed E-state index contributed by atoms with van der Waals surface area (Å²) >= 11 is 0. The first-order valence-corrected chi connectivity index (χ1v) is 11.6. The number of rotatable bonds is 6. The summed E-state index contributed by atoms with van der Waals surface area (Å²) in [6, 6.07) is 19.3. The van der Waals surface area contributed by atoms with Crippen LogP contribution in [-0.4, -0.2) is 75.2 Å². The number of benzene rings is 2. The van der Waals surface area contributed by atoms with E-state index in [0.717, 1.165) is 16.0 Å². The van der Waals surface area contributed by atoms with Gasteiger partial charge >= 0.3 is 6.03 Å². The highest BCUT2D eigenvalue weighted by Gasteiger charge is 2.46. The molecule has 1 atom stereocenters. The van der Waals surface area contributed by atoms with Gasteiger partial charge in [0.1, 0.15) is 12.6 Å². The first-order valence-electron chi connectivity index (χ1n) is 11.6. The lowest BCUT2D eigenvalue weighted by Crippen LogP contribution is -2.52. The molecule has 1 aromatic heterocycles. The van der Waals surface area contributed by atoms with Crippen molar-refractivity contribution in [2.24, 2.45) is 0 Å². The van der Waals surface area contributed by atoms with E-state index in [0.29, 0.717) is 32.1 Å². The van der Waals surface area contributed by atoms with E-state index in [4.69, 9.17) is 0 Å². The number of anilines is 1. The fourth-order valence-electron chi connectivity index (χ4n) is 4.53. The molecule has 3 heterocycles. The van der Waals surface area contributed by atoms with Gasteiger partial charge in [0.15, 0.2) is 0 Å². The van der Waals surface area contributed by atoms with Crippen LogP contribution < -0.4 is 4.90 Å². The lowest BCUT2D eigenvalue weighted by atomic mass is 10.1. The predicted molar refractivity (Wildman–Crippen MR) is 129 cm³/mol. The third-order valence-electron chi connectivity index (χ3n) is 6.36. The molecule has 2 aliphatic heterocycles. The maximum atomic E-state index is 13.4. The second-order valence-corrected chi connectivity index (χ2v) is 8.55. The summed E-state index contributed by atoms with van der Waals surface area (Å²) in [5, 5.41) is 0. The maximum absolute atomic E-state index is 13.4. The molecule has 0 spiro atoms. The molecule has 3 aromatic rings. The molecule has 4 amide bonds. The monoisotopic (exact) mass is 470 g/mol. The molecule has 0 saturated carbocycles. The molecule has 0 N–H and O–H groups in total. The van der Waals surface area contributed by atoms with E-state index in [1.165, 1.54) is 0 Å². The van der Waals surface area contributed by atoms with Gasteiger partial charge in [-0.1, -0.05) is 60.7 Å². The van der Waals surface area contributed by atoms with Gasteiger partial charge in [0.05, 0.1) is 0 Å². The van der Waals surface area contributed by atoms with Crippen molar-refractivity contribution in [1.82, 2.24) is 24.7 Å². The van der Waals surface area contributed by atoms with Gasteiger partial charge in [0.2, 0.25) is 11.9 Å². The van der Waals surface area contributed by atoms with Crippen LogP contribution in [0.2, 0.25) is 0 Å². The SMILES string of the molecule is O=C(CN1C(=O)C(c2ccccc2)N(Cc2ccccc2)C1=O)N1CCN(c2ncccn2)CC1. The maximum Gasteiger partial charge on any atom is 0.328 e. The topological polar surface area (TPSA) is 90.0 Å². The van der Waals surface area contributed by atoms with Crippen molar-refractivity contribution < 1.29 is 14.4 Å². The number of hydrogen-bond donors (Lipinski definition) is 0. The molecule has 2 aliphatic rings. The van der Waals surface area contributed by atoms with Crippen molar-refractivity contribution in [3.05, 3.63) is 90.3 Å². The van der Waals surface area contributed by atoms with Crippen molar-refractivity contribution in [2.75, 3.05) is 37.6 Å². The number of carbonyl (C=O) groups excluding carboxylic acids is 3. The van der Waals surface area contributed by atoms with Crippen LogP contribution >= 0.6 is 0 Å². The molecule has 2 fully saturated rings.